The van der Waals surface area contributed by atoms with Gasteiger partial charge < -0.3 is 10.2 Å². The van der Waals surface area contributed by atoms with Crippen molar-refractivity contribution in [3.63, 3.8) is 0 Å². The van der Waals surface area contributed by atoms with Gasteiger partial charge in [0.15, 0.2) is 0 Å². The van der Waals surface area contributed by atoms with Crippen LogP contribution in [0.15, 0.2) is 0 Å². The van der Waals surface area contributed by atoms with Crippen LogP contribution in [-0.2, 0) is 0 Å². The highest BCUT2D eigenvalue weighted by Gasteiger charge is 2.08. The van der Waals surface area contributed by atoms with Gasteiger partial charge in [-0.2, -0.15) is 0 Å². The van der Waals surface area contributed by atoms with Gasteiger partial charge >= 0.3 is 0 Å². The van der Waals surface area contributed by atoms with Gasteiger partial charge in [-0.1, -0.05) is 33.1 Å². The van der Waals surface area contributed by atoms with Gasteiger partial charge in [0.05, 0.1) is 0 Å². The van der Waals surface area contributed by atoms with Crippen molar-refractivity contribution in [3.8, 4) is 11.8 Å². The van der Waals surface area contributed by atoms with E-state index in [0.717, 1.165) is 19.3 Å². The fourth-order valence-corrected chi connectivity index (χ4v) is 1.03. The number of aliphatic hydroxyl groups is 2. The van der Waals surface area contributed by atoms with Crippen LogP contribution in [-0.4, -0.2) is 16.5 Å². The summed E-state index contributed by atoms with van der Waals surface area (Å²) in [4.78, 5) is 0. The van der Waals surface area contributed by atoms with Gasteiger partial charge in [0.25, 0.3) is 0 Å². The lowest BCUT2D eigenvalue weighted by Gasteiger charge is -2.16. The van der Waals surface area contributed by atoms with Crippen LogP contribution in [0.5, 0.6) is 0 Å². The molecule has 76 valence electrons. The zero-order valence-corrected chi connectivity index (χ0v) is 8.80. The molecule has 0 saturated heterocycles. The van der Waals surface area contributed by atoms with E-state index in [1.165, 1.54) is 6.42 Å². The van der Waals surface area contributed by atoms with E-state index in [2.05, 4.69) is 32.6 Å². The molecule has 0 atom stereocenters. The largest absolute Gasteiger partial charge is 0.358 e. The predicted molar refractivity (Wildman–Crippen MR) is 53.9 cm³/mol. The van der Waals surface area contributed by atoms with Crippen LogP contribution in [0.25, 0.3) is 0 Å². The predicted octanol–water partition coefficient (Wildman–Crippen LogP) is 1.91. The SMILES string of the molecule is CC(C)(C)CCCCC#CC(O)O. The molecule has 0 heterocycles. The summed E-state index contributed by atoms with van der Waals surface area (Å²) in [5, 5.41) is 16.8. The Hall–Kier alpha value is -0.520. The van der Waals surface area contributed by atoms with Crippen molar-refractivity contribution in [3.05, 3.63) is 0 Å². The third-order valence-corrected chi connectivity index (χ3v) is 1.71. The van der Waals surface area contributed by atoms with Crippen LogP contribution in [0.3, 0.4) is 0 Å². The Balaban J connectivity index is 3.34. The van der Waals surface area contributed by atoms with Crippen molar-refractivity contribution in [1.82, 2.24) is 0 Å². The summed E-state index contributed by atoms with van der Waals surface area (Å²) < 4.78 is 0. The maximum Gasteiger partial charge on any atom is 0.217 e. The molecule has 0 radical (unpaired) electrons. The monoisotopic (exact) mass is 184 g/mol. The highest BCUT2D eigenvalue weighted by Crippen LogP contribution is 2.21. The van der Waals surface area contributed by atoms with Crippen LogP contribution < -0.4 is 0 Å². The maximum atomic E-state index is 8.42. The highest BCUT2D eigenvalue weighted by atomic mass is 16.5. The minimum Gasteiger partial charge on any atom is -0.358 e. The van der Waals surface area contributed by atoms with Crippen LogP contribution in [0.4, 0.5) is 0 Å². The molecule has 0 unspecified atom stereocenters. The summed E-state index contributed by atoms with van der Waals surface area (Å²) in [5.41, 5.74) is 0.393. The second-order valence-electron chi connectivity index (χ2n) is 4.46. The Morgan fingerprint density at radius 1 is 1.15 bits per heavy atom. The first-order valence-electron chi connectivity index (χ1n) is 4.76. The van der Waals surface area contributed by atoms with E-state index in [1.54, 1.807) is 0 Å². The average molecular weight is 184 g/mol. The van der Waals surface area contributed by atoms with Gasteiger partial charge in [-0.15, -0.1) is 0 Å². The molecule has 0 aliphatic rings. The molecule has 0 aromatic rings. The Labute approximate surface area is 81.0 Å². The smallest absolute Gasteiger partial charge is 0.217 e. The summed E-state index contributed by atoms with van der Waals surface area (Å²) >= 11 is 0. The summed E-state index contributed by atoms with van der Waals surface area (Å²) in [6.07, 6.45) is 2.67. The summed E-state index contributed by atoms with van der Waals surface area (Å²) in [6, 6.07) is 0. The van der Waals surface area contributed by atoms with E-state index in [0.29, 0.717) is 5.41 Å². The third-order valence-electron chi connectivity index (χ3n) is 1.71. The number of unbranched alkanes of at least 4 members (excludes halogenated alkanes) is 2. The quantitative estimate of drug-likeness (QED) is 0.399. The molecule has 2 N–H and O–H groups in total. The van der Waals surface area contributed by atoms with E-state index >= 15 is 0 Å². The summed E-state index contributed by atoms with van der Waals surface area (Å²) in [6.45, 7) is 6.66. The molecule has 2 nitrogen and oxygen atoms in total. The van der Waals surface area contributed by atoms with E-state index in [9.17, 15) is 0 Å². The van der Waals surface area contributed by atoms with Crippen LogP contribution in [0.2, 0.25) is 0 Å². The van der Waals surface area contributed by atoms with Crippen molar-refractivity contribution < 1.29 is 10.2 Å². The van der Waals surface area contributed by atoms with Crippen molar-refractivity contribution in [2.24, 2.45) is 5.41 Å². The van der Waals surface area contributed by atoms with E-state index < -0.39 is 6.29 Å². The number of hydrogen-bond acceptors (Lipinski definition) is 2. The van der Waals surface area contributed by atoms with Crippen LogP contribution in [0, 0.1) is 17.3 Å². The molecule has 13 heavy (non-hydrogen) atoms. The second-order valence-corrected chi connectivity index (χ2v) is 4.46. The molecule has 0 bridgehead atoms. The fourth-order valence-electron chi connectivity index (χ4n) is 1.03. The Morgan fingerprint density at radius 2 is 1.77 bits per heavy atom. The Bertz CT molecular complexity index is 178. The molecule has 0 aromatic carbocycles. The van der Waals surface area contributed by atoms with E-state index in [-0.39, 0.29) is 0 Å². The van der Waals surface area contributed by atoms with Crippen LogP contribution >= 0.6 is 0 Å². The van der Waals surface area contributed by atoms with Crippen molar-refractivity contribution in [2.45, 2.75) is 52.7 Å². The van der Waals surface area contributed by atoms with Crippen molar-refractivity contribution in [2.75, 3.05) is 0 Å². The molecule has 0 aliphatic heterocycles. The Morgan fingerprint density at radius 3 is 2.23 bits per heavy atom. The van der Waals surface area contributed by atoms with Gasteiger partial charge in [-0.25, -0.2) is 0 Å². The van der Waals surface area contributed by atoms with E-state index in [4.69, 9.17) is 10.2 Å². The van der Waals surface area contributed by atoms with Gasteiger partial charge in [0.1, 0.15) is 0 Å². The van der Waals surface area contributed by atoms with Gasteiger partial charge in [0, 0.05) is 6.42 Å². The number of aliphatic hydroxyl groups excluding tert-OH is 1. The first kappa shape index (κ1) is 12.5. The number of rotatable bonds is 3. The fraction of sp³-hybridized carbons (Fsp3) is 0.818. The van der Waals surface area contributed by atoms with Crippen molar-refractivity contribution >= 4 is 0 Å². The zero-order chi connectivity index (χ0) is 10.3. The lowest BCUT2D eigenvalue weighted by atomic mass is 9.89. The molecule has 2 heteroatoms. The summed E-state index contributed by atoms with van der Waals surface area (Å²) in [7, 11) is 0. The zero-order valence-electron chi connectivity index (χ0n) is 8.80. The molecule has 0 fully saturated rings. The first-order valence-corrected chi connectivity index (χ1v) is 4.76. The van der Waals surface area contributed by atoms with E-state index in [1.807, 2.05) is 0 Å². The normalized spacial score (nSPS) is 11.2. The summed E-state index contributed by atoms with van der Waals surface area (Å²) in [5.74, 6) is 5.03. The van der Waals surface area contributed by atoms with Gasteiger partial charge in [0.2, 0.25) is 6.29 Å². The molecule has 0 aliphatic carbocycles. The third kappa shape index (κ3) is 11.5. The Kier molecular flexibility index (Phi) is 5.77. The standard InChI is InChI=1S/C11H20O2/c1-11(2,3)9-7-5-4-6-8-10(12)13/h10,12-13H,4-5,7,9H2,1-3H3. The molecular formula is C11H20O2. The lowest BCUT2D eigenvalue weighted by Crippen LogP contribution is -2.03. The van der Waals surface area contributed by atoms with Gasteiger partial charge in [-0.05, 0) is 24.2 Å². The minimum absolute atomic E-state index is 0.393. The molecule has 0 rings (SSSR count). The number of hydrogen-bond donors (Lipinski definition) is 2. The molecule has 0 saturated carbocycles. The molecule has 0 spiro atoms. The highest BCUT2D eigenvalue weighted by molar-refractivity contribution is 5.00. The average Bonchev–Trinajstić information content (AvgIpc) is 1.93. The van der Waals surface area contributed by atoms with Gasteiger partial charge in [-0.3, -0.25) is 0 Å². The first-order chi connectivity index (χ1) is 5.92. The van der Waals surface area contributed by atoms with Crippen LogP contribution in [0.1, 0.15) is 46.5 Å². The van der Waals surface area contributed by atoms with Crippen molar-refractivity contribution in [1.29, 1.82) is 0 Å². The topological polar surface area (TPSA) is 40.5 Å². The minimum atomic E-state index is -1.47. The lowest BCUT2D eigenvalue weighted by molar-refractivity contribution is 0.0107. The molecule has 0 amide bonds. The molecule has 0 aromatic heterocycles. The maximum absolute atomic E-state index is 8.42. The second kappa shape index (κ2) is 6.01. The molecular weight excluding hydrogens is 164 g/mol.